The standard InChI is InChI=1S/C29H42N4O5/c1-5-20(4)26(33-25(35)14-13-21-10-7-6-8-11-21)29(38)32-24(16-19(2)3)28(37)31-23(18-34)17-22-12-9-15-30-27(22)36/h6-8,10-11,13-14,18-20,22-24,26H,5,9,12,15-17H2,1-4H3,(H,30,36)(H,31,37)(H,32,38)(H,33,35)/b14-13+/t20-,22-,23-,24-,26-/m0/s1. The van der Waals surface area contributed by atoms with Crippen molar-refractivity contribution in [1.29, 1.82) is 0 Å². The van der Waals surface area contributed by atoms with Crippen LogP contribution in [0.3, 0.4) is 0 Å². The van der Waals surface area contributed by atoms with Gasteiger partial charge in [-0.2, -0.15) is 0 Å². The van der Waals surface area contributed by atoms with Gasteiger partial charge >= 0.3 is 0 Å². The third-order valence-electron chi connectivity index (χ3n) is 6.79. The van der Waals surface area contributed by atoms with Gasteiger partial charge in [-0.25, -0.2) is 0 Å². The Balaban J connectivity index is 2.08. The van der Waals surface area contributed by atoms with Gasteiger partial charge in [-0.15, -0.1) is 0 Å². The highest BCUT2D eigenvalue weighted by molar-refractivity contribution is 5.97. The predicted octanol–water partition coefficient (Wildman–Crippen LogP) is 2.36. The normalized spacial score (nSPS) is 18.7. The molecule has 1 fully saturated rings. The van der Waals surface area contributed by atoms with Crippen LogP contribution >= 0.6 is 0 Å². The van der Waals surface area contributed by atoms with Crippen molar-refractivity contribution in [3.63, 3.8) is 0 Å². The van der Waals surface area contributed by atoms with Crippen molar-refractivity contribution in [2.24, 2.45) is 17.8 Å². The Bertz CT molecular complexity index is 978. The fourth-order valence-electron chi connectivity index (χ4n) is 4.40. The molecule has 4 N–H and O–H groups in total. The average Bonchev–Trinajstić information content (AvgIpc) is 2.90. The SMILES string of the molecule is CC[C@H](C)[C@H](NC(=O)/C=C/c1ccccc1)C(=O)N[C@@H](CC(C)C)C(=O)N[C@H](C=O)C[C@@H]1CCCNC1=O. The van der Waals surface area contributed by atoms with Gasteiger partial charge in [-0.3, -0.25) is 19.2 Å². The zero-order valence-electron chi connectivity index (χ0n) is 22.9. The number of rotatable bonds is 14. The van der Waals surface area contributed by atoms with E-state index in [2.05, 4.69) is 21.3 Å². The first kappa shape index (κ1) is 30.7. The molecule has 1 aromatic carbocycles. The Labute approximate surface area is 225 Å². The van der Waals surface area contributed by atoms with E-state index in [1.807, 2.05) is 58.0 Å². The van der Waals surface area contributed by atoms with Gasteiger partial charge in [-0.05, 0) is 49.2 Å². The lowest BCUT2D eigenvalue weighted by atomic mass is 9.91. The molecule has 0 spiro atoms. The minimum atomic E-state index is -0.895. The number of piperidine rings is 1. The zero-order valence-corrected chi connectivity index (χ0v) is 22.9. The average molecular weight is 527 g/mol. The van der Waals surface area contributed by atoms with E-state index in [1.165, 1.54) is 6.08 Å². The molecular formula is C29H42N4O5. The maximum absolute atomic E-state index is 13.3. The van der Waals surface area contributed by atoms with Crippen molar-refractivity contribution >= 4 is 36.0 Å². The Kier molecular flexibility index (Phi) is 12.7. The summed E-state index contributed by atoms with van der Waals surface area (Å²) < 4.78 is 0. The van der Waals surface area contributed by atoms with Crippen LogP contribution in [0.1, 0.15) is 65.4 Å². The number of carbonyl (C=O) groups is 5. The number of amides is 4. The first-order chi connectivity index (χ1) is 18.1. The van der Waals surface area contributed by atoms with Gasteiger partial charge < -0.3 is 26.1 Å². The molecule has 9 heteroatoms. The fourth-order valence-corrected chi connectivity index (χ4v) is 4.40. The number of carbonyl (C=O) groups excluding carboxylic acids is 5. The Morgan fingerprint density at radius 2 is 1.76 bits per heavy atom. The summed E-state index contributed by atoms with van der Waals surface area (Å²) in [4.78, 5) is 62.9. The topological polar surface area (TPSA) is 133 Å². The van der Waals surface area contributed by atoms with Crippen LogP contribution in [-0.2, 0) is 24.0 Å². The number of hydrogen-bond donors (Lipinski definition) is 4. The van der Waals surface area contributed by atoms with Crippen molar-refractivity contribution in [1.82, 2.24) is 21.3 Å². The molecule has 208 valence electrons. The van der Waals surface area contributed by atoms with Crippen LogP contribution in [-0.4, -0.2) is 54.6 Å². The van der Waals surface area contributed by atoms with Crippen LogP contribution in [0.2, 0.25) is 0 Å². The molecule has 1 aromatic rings. The maximum Gasteiger partial charge on any atom is 0.244 e. The molecule has 1 aliphatic heterocycles. The summed E-state index contributed by atoms with van der Waals surface area (Å²) in [5.41, 5.74) is 0.858. The monoisotopic (exact) mass is 526 g/mol. The highest BCUT2D eigenvalue weighted by Crippen LogP contribution is 2.17. The van der Waals surface area contributed by atoms with Gasteiger partial charge in [0, 0.05) is 18.5 Å². The fraction of sp³-hybridized carbons (Fsp3) is 0.552. The summed E-state index contributed by atoms with van der Waals surface area (Å²) in [6, 6.07) is 6.77. The molecule has 1 aliphatic rings. The second kappa shape index (κ2) is 15.7. The van der Waals surface area contributed by atoms with Gasteiger partial charge in [0.25, 0.3) is 0 Å². The molecule has 1 saturated heterocycles. The Morgan fingerprint density at radius 1 is 1.05 bits per heavy atom. The van der Waals surface area contributed by atoms with E-state index in [-0.39, 0.29) is 30.1 Å². The van der Waals surface area contributed by atoms with E-state index in [4.69, 9.17) is 0 Å². The highest BCUT2D eigenvalue weighted by atomic mass is 16.2. The van der Waals surface area contributed by atoms with Crippen LogP contribution in [0.15, 0.2) is 36.4 Å². The largest absolute Gasteiger partial charge is 0.356 e. The summed E-state index contributed by atoms with van der Waals surface area (Å²) in [6.45, 7) is 8.26. The molecule has 0 radical (unpaired) electrons. The maximum atomic E-state index is 13.3. The molecule has 4 amide bonds. The van der Waals surface area contributed by atoms with Crippen LogP contribution in [0, 0.1) is 17.8 Å². The molecule has 0 aromatic heterocycles. The molecule has 2 rings (SSSR count). The molecule has 0 unspecified atom stereocenters. The van der Waals surface area contributed by atoms with Gasteiger partial charge in [0.05, 0.1) is 6.04 Å². The summed E-state index contributed by atoms with van der Waals surface area (Å²) in [5.74, 6) is -1.92. The summed E-state index contributed by atoms with van der Waals surface area (Å²) in [5, 5.41) is 11.1. The van der Waals surface area contributed by atoms with Gasteiger partial charge in [-0.1, -0.05) is 64.4 Å². The zero-order chi connectivity index (χ0) is 28.1. The number of benzene rings is 1. The smallest absolute Gasteiger partial charge is 0.244 e. The molecule has 0 saturated carbocycles. The molecule has 5 atom stereocenters. The van der Waals surface area contributed by atoms with Gasteiger partial charge in [0.1, 0.15) is 18.4 Å². The number of nitrogens with one attached hydrogen (secondary N) is 4. The summed E-state index contributed by atoms with van der Waals surface area (Å²) in [7, 11) is 0. The quantitative estimate of drug-likeness (QED) is 0.218. The van der Waals surface area contributed by atoms with E-state index in [0.29, 0.717) is 32.1 Å². The van der Waals surface area contributed by atoms with Crippen molar-refractivity contribution in [2.75, 3.05) is 6.54 Å². The minimum absolute atomic E-state index is 0.0790. The summed E-state index contributed by atoms with van der Waals surface area (Å²) >= 11 is 0. The lowest BCUT2D eigenvalue weighted by Gasteiger charge is -2.28. The second-order valence-corrected chi connectivity index (χ2v) is 10.4. The van der Waals surface area contributed by atoms with E-state index in [1.54, 1.807) is 6.08 Å². The number of hydrogen-bond acceptors (Lipinski definition) is 5. The van der Waals surface area contributed by atoms with Gasteiger partial charge in [0.15, 0.2) is 0 Å². The lowest BCUT2D eigenvalue weighted by molar-refractivity contribution is -0.133. The highest BCUT2D eigenvalue weighted by Gasteiger charge is 2.32. The van der Waals surface area contributed by atoms with E-state index in [0.717, 1.165) is 12.0 Å². The third kappa shape index (κ3) is 10.1. The molecule has 0 bridgehead atoms. The third-order valence-corrected chi connectivity index (χ3v) is 6.79. The lowest BCUT2D eigenvalue weighted by Crippen LogP contribution is -2.57. The molecule has 0 aliphatic carbocycles. The minimum Gasteiger partial charge on any atom is -0.356 e. The first-order valence-corrected chi connectivity index (χ1v) is 13.5. The Morgan fingerprint density at radius 3 is 2.37 bits per heavy atom. The van der Waals surface area contributed by atoms with Crippen LogP contribution < -0.4 is 21.3 Å². The van der Waals surface area contributed by atoms with Crippen LogP contribution in [0.4, 0.5) is 0 Å². The van der Waals surface area contributed by atoms with Crippen molar-refractivity contribution in [2.45, 2.75) is 77.9 Å². The summed E-state index contributed by atoms with van der Waals surface area (Å²) in [6.07, 6.45) is 6.37. The second-order valence-electron chi connectivity index (χ2n) is 10.4. The van der Waals surface area contributed by atoms with Gasteiger partial charge in [0.2, 0.25) is 23.6 Å². The molecule has 38 heavy (non-hydrogen) atoms. The Hall–Kier alpha value is -3.49. The van der Waals surface area contributed by atoms with Crippen LogP contribution in [0.25, 0.3) is 6.08 Å². The molecule has 9 nitrogen and oxygen atoms in total. The number of aldehydes is 1. The van der Waals surface area contributed by atoms with Crippen molar-refractivity contribution < 1.29 is 24.0 Å². The van der Waals surface area contributed by atoms with Crippen molar-refractivity contribution in [3.8, 4) is 0 Å². The molecule has 1 heterocycles. The van der Waals surface area contributed by atoms with E-state index in [9.17, 15) is 24.0 Å². The predicted molar refractivity (Wildman–Crippen MR) is 147 cm³/mol. The van der Waals surface area contributed by atoms with Crippen molar-refractivity contribution in [3.05, 3.63) is 42.0 Å². The molecular weight excluding hydrogens is 484 g/mol. The van der Waals surface area contributed by atoms with Crippen LogP contribution in [0.5, 0.6) is 0 Å². The first-order valence-electron chi connectivity index (χ1n) is 13.5. The van der Waals surface area contributed by atoms with E-state index >= 15 is 0 Å². The van der Waals surface area contributed by atoms with E-state index < -0.39 is 35.8 Å².